The summed E-state index contributed by atoms with van der Waals surface area (Å²) in [4.78, 5) is 0. The zero-order chi connectivity index (χ0) is 21.3. The standard InChI is InChI=1S/C26H28F3N/c1-2-3-16-4-6-17(7-5-16)21-13-24(28)26(25(29)14-21)19-9-8-18-10-22(15-30)23(27)12-20(18)11-19/h10,12-14,16-17,19H,2-9,11H2,1H3. The minimum absolute atomic E-state index is 0.0302. The average molecular weight is 412 g/mol. The SMILES string of the molecule is CCCC1CCC(c2cc(F)c(C3CCc4cc(C#N)c(F)cc4C3)c(F)c2)CC1. The Bertz CT molecular complexity index is 944. The molecular formula is C26H28F3N. The minimum atomic E-state index is -0.563. The van der Waals surface area contributed by atoms with E-state index in [-0.39, 0.29) is 23.0 Å². The van der Waals surface area contributed by atoms with Gasteiger partial charge in [0.15, 0.2) is 0 Å². The fourth-order valence-corrected chi connectivity index (χ4v) is 5.53. The Morgan fingerprint density at radius 1 is 0.867 bits per heavy atom. The molecule has 158 valence electrons. The molecule has 1 atom stereocenters. The molecule has 0 aromatic heterocycles. The van der Waals surface area contributed by atoms with Gasteiger partial charge in [0.05, 0.1) is 5.56 Å². The third-order valence-corrected chi connectivity index (χ3v) is 7.16. The summed E-state index contributed by atoms with van der Waals surface area (Å²) in [6.07, 6.45) is 8.30. The molecule has 4 heteroatoms. The summed E-state index contributed by atoms with van der Waals surface area (Å²) in [7, 11) is 0. The lowest BCUT2D eigenvalue weighted by atomic mass is 9.76. The summed E-state index contributed by atoms with van der Waals surface area (Å²) in [5, 5.41) is 9.01. The third-order valence-electron chi connectivity index (χ3n) is 7.16. The summed E-state index contributed by atoms with van der Waals surface area (Å²) in [5.74, 6) is -0.816. The number of aryl methyl sites for hydroxylation is 1. The maximum absolute atomic E-state index is 15.1. The highest BCUT2D eigenvalue weighted by Gasteiger charge is 2.29. The maximum Gasteiger partial charge on any atom is 0.141 e. The number of hydrogen-bond donors (Lipinski definition) is 0. The number of benzene rings is 2. The van der Waals surface area contributed by atoms with Crippen molar-refractivity contribution in [3.8, 4) is 6.07 Å². The normalized spacial score (nSPS) is 23.6. The first-order valence-corrected chi connectivity index (χ1v) is 11.2. The van der Waals surface area contributed by atoms with Crippen molar-refractivity contribution in [2.45, 2.75) is 76.5 Å². The highest BCUT2D eigenvalue weighted by atomic mass is 19.1. The van der Waals surface area contributed by atoms with Crippen molar-refractivity contribution in [3.63, 3.8) is 0 Å². The van der Waals surface area contributed by atoms with Crippen LogP contribution in [-0.2, 0) is 12.8 Å². The van der Waals surface area contributed by atoms with Crippen LogP contribution in [-0.4, -0.2) is 0 Å². The topological polar surface area (TPSA) is 23.8 Å². The van der Waals surface area contributed by atoms with E-state index in [0.29, 0.717) is 19.3 Å². The molecule has 0 radical (unpaired) electrons. The van der Waals surface area contributed by atoms with Gasteiger partial charge in [0.1, 0.15) is 23.5 Å². The first-order chi connectivity index (χ1) is 14.5. The number of halogens is 3. The molecule has 0 aliphatic heterocycles. The smallest absolute Gasteiger partial charge is 0.141 e. The van der Waals surface area contributed by atoms with Crippen molar-refractivity contribution in [3.05, 3.63) is 69.5 Å². The highest BCUT2D eigenvalue weighted by molar-refractivity contribution is 5.43. The van der Waals surface area contributed by atoms with E-state index in [1.807, 2.05) is 6.07 Å². The van der Waals surface area contributed by atoms with E-state index in [2.05, 4.69) is 6.92 Å². The predicted octanol–water partition coefficient (Wildman–Crippen LogP) is 7.32. The molecule has 0 heterocycles. The number of nitrogens with zero attached hydrogens (tertiary/aromatic N) is 1. The molecule has 0 N–H and O–H groups in total. The van der Waals surface area contributed by atoms with Crippen LogP contribution in [0.25, 0.3) is 0 Å². The molecule has 1 unspecified atom stereocenters. The van der Waals surface area contributed by atoms with Crippen LogP contribution in [0.1, 0.15) is 91.5 Å². The van der Waals surface area contributed by atoms with Gasteiger partial charge in [0.25, 0.3) is 0 Å². The predicted molar refractivity (Wildman–Crippen MR) is 112 cm³/mol. The Balaban J connectivity index is 1.53. The quantitative estimate of drug-likeness (QED) is 0.517. The molecule has 4 rings (SSSR count). The number of fused-ring (bicyclic) bond motifs is 1. The van der Waals surface area contributed by atoms with Crippen LogP contribution < -0.4 is 0 Å². The van der Waals surface area contributed by atoms with Crippen molar-refractivity contribution in [2.24, 2.45) is 5.92 Å². The third kappa shape index (κ3) is 4.13. The van der Waals surface area contributed by atoms with Gasteiger partial charge in [-0.05, 0) is 104 Å². The molecule has 0 saturated heterocycles. The lowest BCUT2D eigenvalue weighted by Crippen LogP contribution is -2.18. The molecular weight excluding hydrogens is 383 g/mol. The second-order valence-electron chi connectivity index (χ2n) is 9.06. The van der Waals surface area contributed by atoms with E-state index in [9.17, 15) is 4.39 Å². The Morgan fingerprint density at radius 2 is 1.57 bits per heavy atom. The number of hydrogen-bond acceptors (Lipinski definition) is 1. The monoisotopic (exact) mass is 411 g/mol. The summed E-state index contributed by atoms with van der Waals surface area (Å²) < 4.78 is 44.2. The zero-order valence-electron chi connectivity index (χ0n) is 17.5. The molecule has 2 aromatic carbocycles. The second-order valence-corrected chi connectivity index (χ2v) is 9.06. The Hall–Kier alpha value is -2.28. The molecule has 2 aliphatic carbocycles. The van der Waals surface area contributed by atoms with Crippen molar-refractivity contribution in [2.75, 3.05) is 0 Å². The molecule has 2 aliphatic rings. The van der Waals surface area contributed by atoms with Crippen LogP contribution in [0.4, 0.5) is 13.2 Å². The van der Waals surface area contributed by atoms with Gasteiger partial charge in [0.2, 0.25) is 0 Å². The van der Waals surface area contributed by atoms with Gasteiger partial charge >= 0.3 is 0 Å². The van der Waals surface area contributed by atoms with Gasteiger partial charge in [-0.15, -0.1) is 0 Å². The Morgan fingerprint density at radius 3 is 2.20 bits per heavy atom. The van der Waals surface area contributed by atoms with Crippen molar-refractivity contribution in [1.82, 2.24) is 0 Å². The van der Waals surface area contributed by atoms with Crippen molar-refractivity contribution < 1.29 is 13.2 Å². The van der Waals surface area contributed by atoms with Gasteiger partial charge in [-0.1, -0.05) is 19.8 Å². The lowest BCUT2D eigenvalue weighted by Gasteiger charge is -2.30. The van der Waals surface area contributed by atoms with E-state index in [1.165, 1.54) is 31.0 Å². The van der Waals surface area contributed by atoms with Crippen molar-refractivity contribution >= 4 is 0 Å². The summed E-state index contributed by atoms with van der Waals surface area (Å²) >= 11 is 0. The molecule has 30 heavy (non-hydrogen) atoms. The highest BCUT2D eigenvalue weighted by Crippen LogP contribution is 2.41. The first kappa shape index (κ1) is 21.0. The fourth-order valence-electron chi connectivity index (χ4n) is 5.53. The largest absolute Gasteiger partial charge is 0.207 e. The molecule has 2 aromatic rings. The van der Waals surface area contributed by atoms with Crippen LogP contribution in [0.5, 0.6) is 0 Å². The van der Waals surface area contributed by atoms with Gasteiger partial charge in [-0.25, -0.2) is 13.2 Å². The van der Waals surface area contributed by atoms with Crippen LogP contribution in [0.15, 0.2) is 24.3 Å². The fraction of sp³-hybridized carbons (Fsp3) is 0.500. The van der Waals surface area contributed by atoms with Gasteiger partial charge < -0.3 is 0 Å². The summed E-state index contributed by atoms with van der Waals surface area (Å²) in [6.45, 7) is 2.20. The van der Waals surface area contributed by atoms with Gasteiger partial charge in [-0.3, -0.25) is 0 Å². The van der Waals surface area contributed by atoms with E-state index < -0.39 is 17.5 Å². The first-order valence-electron chi connectivity index (χ1n) is 11.2. The Kier molecular flexibility index (Phi) is 6.18. The lowest BCUT2D eigenvalue weighted by molar-refractivity contribution is 0.307. The zero-order valence-corrected chi connectivity index (χ0v) is 17.5. The average Bonchev–Trinajstić information content (AvgIpc) is 2.73. The molecule has 0 amide bonds. The van der Waals surface area contributed by atoms with Crippen LogP contribution in [0, 0.1) is 34.7 Å². The van der Waals surface area contributed by atoms with E-state index >= 15 is 8.78 Å². The van der Waals surface area contributed by atoms with Crippen molar-refractivity contribution in [1.29, 1.82) is 5.26 Å². The van der Waals surface area contributed by atoms with E-state index in [4.69, 9.17) is 5.26 Å². The molecule has 1 saturated carbocycles. The minimum Gasteiger partial charge on any atom is -0.207 e. The molecule has 1 fully saturated rings. The van der Waals surface area contributed by atoms with E-state index in [1.54, 1.807) is 6.07 Å². The summed E-state index contributed by atoms with van der Waals surface area (Å²) in [5.41, 5.74) is 2.60. The maximum atomic E-state index is 15.1. The molecule has 0 spiro atoms. The number of rotatable bonds is 4. The molecule has 1 nitrogen and oxygen atoms in total. The van der Waals surface area contributed by atoms with Crippen LogP contribution in [0.2, 0.25) is 0 Å². The van der Waals surface area contributed by atoms with Gasteiger partial charge in [0, 0.05) is 5.56 Å². The second kappa shape index (κ2) is 8.84. The van der Waals surface area contributed by atoms with E-state index in [0.717, 1.165) is 48.3 Å². The molecule has 0 bridgehead atoms. The van der Waals surface area contributed by atoms with Gasteiger partial charge in [-0.2, -0.15) is 5.26 Å². The van der Waals surface area contributed by atoms with Crippen LogP contribution >= 0.6 is 0 Å². The Labute approximate surface area is 176 Å². The van der Waals surface area contributed by atoms with Crippen LogP contribution in [0.3, 0.4) is 0 Å². The number of nitriles is 1. The summed E-state index contributed by atoms with van der Waals surface area (Å²) in [6, 6.07) is 7.87.